The highest BCUT2D eigenvalue weighted by atomic mass is 32.2. The molecule has 1 unspecified atom stereocenters. The van der Waals surface area contributed by atoms with Gasteiger partial charge in [-0.25, -0.2) is 4.79 Å². The van der Waals surface area contributed by atoms with Gasteiger partial charge < -0.3 is 14.7 Å². The maximum Gasteiger partial charge on any atom is 0.330 e. The van der Waals surface area contributed by atoms with E-state index in [9.17, 15) is 13.2 Å². The first-order valence-electron chi connectivity index (χ1n) is 7.81. The summed E-state index contributed by atoms with van der Waals surface area (Å²) in [5.41, 5.74) is 0. The highest BCUT2D eigenvalue weighted by molar-refractivity contribution is 7.86. The molecule has 0 radical (unpaired) electrons. The van der Waals surface area contributed by atoms with Crippen LogP contribution in [0, 0.1) is 0 Å². The van der Waals surface area contributed by atoms with Crippen molar-refractivity contribution in [1.29, 1.82) is 0 Å². The predicted octanol–water partition coefficient (Wildman–Crippen LogP) is 1.84. The zero-order valence-corrected chi connectivity index (χ0v) is 15.4. The minimum Gasteiger partial charge on any atom is -0.870 e. The van der Waals surface area contributed by atoms with Gasteiger partial charge in [-0.3, -0.25) is 4.55 Å². The van der Waals surface area contributed by atoms with E-state index in [0.717, 1.165) is 30.5 Å². The molecule has 0 aromatic carbocycles. The summed E-state index contributed by atoms with van der Waals surface area (Å²) in [5, 5.41) is -0.754. The second kappa shape index (κ2) is 11.6. The summed E-state index contributed by atoms with van der Waals surface area (Å²) < 4.78 is 37.1. The van der Waals surface area contributed by atoms with Crippen LogP contribution in [0.15, 0.2) is 12.2 Å². The Morgan fingerprint density at radius 1 is 1.26 bits per heavy atom. The molecule has 7 nitrogen and oxygen atoms in total. The van der Waals surface area contributed by atoms with E-state index in [1.54, 1.807) is 13.0 Å². The van der Waals surface area contributed by atoms with Gasteiger partial charge in [0.15, 0.2) is 0 Å². The molecule has 0 bridgehead atoms. The summed E-state index contributed by atoms with van der Waals surface area (Å²) >= 11 is 0. The van der Waals surface area contributed by atoms with E-state index in [-0.39, 0.29) is 11.4 Å². The van der Waals surface area contributed by atoms with Crippen molar-refractivity contribution in [2.45, 2.75) is 45.8 Å². The zero-order chi connectivity index (χ0) is 17.2. The van der Waals surface area contributed by atoms with Crippen LogP contribution in [0.3, 0.4) is 0 Å². The Hall–Kier alpha value is -0.960. The normalized spacial score (nSPS) is 13.6. The van der Waals surface area contributed by atoms with Crippen molar-refractivity contribution in [3.05, 3.63) is 12.2 Å². The molecule has 0 aromatic heterocycles. The van der Waals surface area contributed by atoms with Crippen molar-refractivity contribution in [3.8, 4) is 0 Å². The number of allylic oxidation sites excluding steroid dienone is 1. The Balaban J connectivity index is 0. The Kier molecular flexibility index (Phi) is 12.2. The molecular formula is C15H31NO6S. The fourth-order valence-corrected chi connectivity index (χ4v) is 2.73. The van der Waals surface area contributed by atoms with Crippen LogP contribution in [-0.4, -0.2) is 66.9 Å². The largest absolute Gasteiger partial charge is 0.870 e. The van der Waals surface area contributed by atoms with Crippen LogP contribution in [0.2, 0.25) is 0 Å². The first-order chi connectivity index (χ1) is 10.2. The van der Waals surface area contributed by atoms with Gasteiger partial charge in [0, 0.05) is 18.9 Å². The van der Waals surface area contributed by atoms with Gasteiger partial charge in [0.2, 0.25) is 0 Å². The average molecular weight is 353 g/mol. The molecule has 23 heavy (non-hydrogen) atoms. The van der Waals surface area contributed by atoms with Gasteiger partial charge >= 0.3 is 5.97 Å². The molecule has 0 aliphatic carbocycles. The summed E-state index contributed by atoms with van der Waals surface area (Å²) in [6, 6.07) is 0. The smallest absolute Gasteiger partial charge is 0.330 e. The molecule has 138 valence electrons. The summed E-state index contributed by atoms with van der Waals surface area (Å²) in [7, 11) is -3.97. The van der Waals surface area contributed by atoms with E-state index in [0.29, 0.717) is 19.6 Å². The van der Waals surface area contributed by atoms with E-state index in [4.69, 9.17) is 9.29 Å². The highest BCUT2D eigenvalue weighted by Crippen LogP contribution is 2.13. The number of rotatable bonds is 11. The van der Waals surface area contributed by atoms with Gasteiger partial charge in [0.05, 0.1) is 38.0 Å². The number of quaternary nitrogens is 1. The first kappa shape index (κ1) is 24.3. The van der Waals surface area contributed by atoms with Crippen molar-refractivity contribution in [2.24, 2.45) is 0 Å². The number of carbonyl (C=O) groups is 1. The van der Waals surface area contributed by atoms with E-state index in [1.165, 1.54) is 13.0 Å². The third-order valence-corrected chi connectivity index (χ3v) is 5.44. The summed E-state index contributed by atoms with van der Waals surface area (Å²) in [4.78, 5) is 11.2. The molecule has 1 atom stereocenters. The Morgan fingerprint density at radius 2 is 1.83 bits per heavy atom. The molecule has 0 fully saturated rings. The molecule has 0 saturated heterocycles. The molecule has 2 N–H and O–H groups in total. The lowest BCUT2D eigenvalue weighted by atomic mass is 10.2. The summed E-state index contributed by atoms with van der Waals surface area (Å²) in [6.07, 6.45) is 4.16. The third kappa shape index (κ3) is 9.70. The molecule has 8 heteroatoms. The highest BCUT2D eigenvalue weighted by Gasteiger charge is 2.27. The molecule has 0 aromatic rings. The molecule has 0 aliphatic heterocycles. The third-order valence-electron chi connectivity index (χ3n) is 4.18. The van der Waals surface area contributed by atoms with Gasteiger partial charge in [0.25, 0.3) is 10.1 Å². The fourth-order valence-electron chi connectivity index (χ4n) is 2.33. The van der Waals surface area contributed by atoms with Crippen LogP contribution in [0.25, 0.3) is 0 Å². The molecule has 0 aliphatic rings. The van der Waals surface area contributed by atoms with Crippen molar-refractivity contribution < 1.29 is 32.5 Å². The fraction of sp³-hybridized carbons (Fsp3) is 0.800. The molecule has 0 heterocycles. The SMILES string of the molecule is CC=CC(=O)OCCC[N+](CC)(CC)CCC(C)S(=O)(=O)O.[OH-]. The number of ether oxygens (including phenoxy) is 1. The van der Waals surface area contributed by atoms with Crippen LogP contribution < -0.4 is 0 Å². The second-order valence-electron chi connectivity index (χ2n) is 5.56. The number of hydrogen-bond donors (Lipinski definition) is 1. The van der Waals surface area contributed by atoms with Gasteiger partial charge in [0.1, 0.15) is 0 Å². The van der Waals surface area contributed by atoms with Crippen LogP contribution in [-0.2, 0) is 19.6 Å². The molecule has 0 amide bonds. The van der Waals surface area contributed by atoms with Crippen molar-refractivity contribution in [2.75, 3.05) is 32.8 Å². The Morgan fingerprint density at radius 3 is 2.26 bits per heavy atom. The van der Waals surface area contributed by atoms with Crippen molar-refractivity contribution >= 4 is 16.1 Å². The van der Waals surface area contributed by atoms with E-state index < -0.39 is 15.4 Å². The number of esters is 1. The maximum absolute atomic E-state index is 11.2. The minimum atomic E-state index is -3.97. The predicted molar refractivity (Wildman–Crippen MR) is 89.0 cm³/mol. The number of carbonyl (C=O) groups excluding carboxylic acids is 1. The van der Waals surface area contributed by atoms with Crippen LogP contribution >= 0.6 is 0 Å². The monoisotopic (exact) mass is 353 g/mol. The van der Waals surface area contributed by atoms with E-state index in [1.807, 2.05) is 0 Å². The van der Waals surface area contributed by atoms with Crippen LogP contribution in [0.4, 0.5) is 0 Å². The zero-order valence-electron chi connectivity index (χ0n) is 14.6. The molecular weight excluding hydrogens is 322 g/mol. The summed E-state index contributed by atoms with van der Waals surface area (Å²) in [6.45, 7) is 11.0. The van der Waals surface area contributed by atoms with E-state index in [2.05, 4.69) is 13.8 Å². The summed E-state index contributed by atoms with van der Waals surface area (Å²) in [5.74, 6) is -0.339. The standard InChI is InChI=1S/C15H29NO5S.H2O/c1-5-9-15(17)21-13-8-11-16(6-2,7-3)12-10-14(4)22(18,19)20;/h5,9,14H,6-8,10-13H2,1-4H3;1H2. The lowest BCUT2D eigenvalue weighted by Crippen LogP contribution is -2.50. The number of nitrogens with zero attached hydrogens (tertiary/aromatic N) is 1. The Labute approximate surface area is 140 Å². The quantitative estimate of drug-likeness (QED) is 0.199. The van der Waals surface area contributed by atoms with Crippen molar-refractivity contribution in [3.63, 3.8) is 0 Å². The first-order valence-corrected chi connectivity index (χ1v) is 9.32. The Bertz CT molecular complexity index is 457. The van der Waals surface area contributed by atoms with Crippen LogP contribution in [0.1, 0.15) is 40.5 Å². The van der Waals surface area contributed by atoms with E-state index >= 15 is 0 Å². The van der Waals surface area contributed by atoms with Gasteiger partial charge in [-0.05, 0) is 27.7 Å². The molecule has 0 spiro atoms. The number of hydrogen-bond acceptors (Lipinski definition) is 5. The van der Waals surface area contributed by atoms with Crippen molar-refractivity contribution in [1.82, 2.24) is 0 Å². The minimum absolute atomic E-state index is 0. The molecule has 0 saturated carbocycles. The van der Waals surface area contributed by atoms with Crippen LogP contribution in [0.5, 0.6) is 0 Å². The topological polar surface area (TPSA) is 111 Å². The lowest BCUT2D eigenvalue weighted by molar-refractivity contribution is -0.925. The average Bonchev–Trinajstić information content (AvgIpc) is 2.46. The van der Waals surface area contributed by atoms with Gasteiger partial charge in [-0.15, -0.1) is 0 Å². The van der Waals surface area contributed by atoms with Gasteiger partial charge in [-0.2, -0.15) is 8.42 Å². The maximum atomic E-state index is 11.2. The molecule has 0 rings (SSSR count). The lowest BCUT2D eigenvalue weighted by Gasteiger charge is -2.37. The van der Waals surface area contributed by atoms with Gasteiger partial charge in [-0.1, -0.05) is 6.08 Å². The second-order valence-corrected chi connectivity index (χ2v) is 7.39.